The van der Waals surface area contributed by atoms with Crippen molar-refractivity contribution in [2.45, 2.75) is 19.5 Å². The number of piperazine rings is 1. The molecule has 1 unspecified atom stereocenters. The molecular formula is C10H16ClN5O3. The number of nitrogens with one attached hydrogen (secondary N) is 1. The summed E-state index contributed by atoms with van der Waals surface area (Å²) in [6, 6.07) is 0.136. The molecule has 0 spiro atoms. The van der Waals surface area contributed by atoms with Gasteiger partial charge >= 0.3 is 5.69 Å². The lowest BCUT2D eigenvalue weighted by atomic mass is 10.2. The topological polar surface area (TPSA) is 93.3 Å². The third-order valence-corrected chi connectivity index (χ3v) is 2.95. The van der Waals surface area contributed by atoms with E-state index in [0.717, 1.165) is 19.3 Å². The summed E-state index contributed by atoms with van der Waals surface area (Å²) in [5.74, 6) is -0.0676. The van der Waals surface area contributed by atoms with E-state index in [0.29, 0.717) is 6.54 Å². The fourth-order valence-electron chi connectivity index (χ4n) is 1.97. The van der Waals surface area contributed by atoms with Crippen molar-refractivity contribution in [1.29, 1.82) is 0 Å². The number of amides is 1. The molecule has 0 radical (unpaired) electrons. The number of rotatable bonds is 3. The molecule has 0 bridgehead atoms. The third-order valence-electron chi connectivity index (χ3n) is 2.95. The quantitative estimate of drug-likeness (QED) is 0.626. The zero-order valence-electron chi connectivity index (χ0n) is 10.5. The predicted molar refractivity (Wildman–Crippen MR) is 70.2 cm³/mol. The molecule has 2 rings (SSSR count). The maximum Gasteiger partial charge on any atom is 0.307 e. The maximum absolute atomic E-state index is 12.0. The van der Waals surface area contributed by atoms with Gasteiger partial charge in [-0.15, -0.1) is 12.4 Å². The number of carbonyl (C=O) groups is 1. The minimum absolute atomic E-state index is 0. The molecule has 2 heterocycles. The van der Waals surface area contributed by atoms with Gasteiger partial charge in [0, 0.05) is 25.7 Å². The van der Waals surface area contributed by atoms with Crippen LogP contribution < -0.4 is 5.32 Å². The fourth-order valence-corrected chi connectivity index (χ4v) is 1.97. The molecule has 1 aromatic rings. The van der Waals surface area contributed by atoms with E-state index in [1.165, 1.54) is 10.9 Å². The average Bonchev–Trinajstić information content (AvgIpc) is 2.78. The van der Waals surface area contributed by atoms with Crippen molar-refractivity contribution in [3.8, 4) is 0 Å². The maximum atomic E-state index is 12.0. The van der Waals surface area contributed by atoms with Gasteiger partial charge in [-0.1, -0.05) is 0 Å². The van der Waals surface area contributed by atoms with Crippen LogP contribution in [-0.4, -0.2) is 51.2 Å². The minimum Gasteiger partial charge on any atom is -0.336 e. The van der Waals surface area contributed by atoms with Crippen molar-refractivity contribution in [2.24, 2.45) is 0 Å². The van der Waals surface area contributed by atoms with Crippen molar-refractivity contribution in [2.75, 3.05) is 19.6 Å². The van der Waals surface area contributed by atoms with Gasteiger partial charge in [0.2, 0.25) is 5.91 Å². The van der Waals surface area contributed by atoms with Crippen LogP contribution in [0.25, 0.3) is 0 Å². The van der Waals surface area contributed by atoms with Crippen LogP contribution in [0.4, 0.5) is 5.69 Å². The van der Waals surface area contributed by atoms with Crippen LogP contribution in [0.5, 0.6) is 0 Å². The Morgan fingerprint density at radius 2 is 2.42 bits per heavy atom. The van der Waals surface area contributed by atoms with Gasteiger partial charge in [0.1, 0.15) is 18.9 Å². The summed E-state index contributed by atoms with van der Waals surface area (Å²) in [5.41, 5.74) is -0.101. The second-order valence-corrected chi connectivity index (χ2v) is 4.29. The zero-order valence-corrected chi connectivity index (χ0v) is 11.3. The molecule has 0 aromatic carbocycles. The molecule has 1 aliphatic heterocycles. The highest BCUT2D eigenvalue weighted by atomic mass is 35.5. The molecule has 0 aliphatic carbocycles. The van der Waals surface area contributed by atoms with Crippen molar-refractivity contribution >= 4 is 24.0 Å². The summed E-state index contributed by atoms with van der Waals surface area (Å²) in [6.45, 7) is 4.21. The Labute approximate surface area is 116 Å². The van der Waals surface area contributed by atoms with Crippen LogP contribution >= 0.6 is 12.4 Å². The summed E-state index contributed by atoms with van der Waals surface area (Å²) < 4.78 is 1.30. The van der Waals surface area contributed by atoms with Gasteiger partial charge in [-0.05, 0) is 6.92 Å². The average molecular weight is 290 g/mol. The summed E-state index contributed by atoms with van der Waals surface area (Å²) >= 11 is 0. The number of nitro groups is 1. The van der Waals surface area contributed by atoms with E-state index in [1.807, 2.05) is 6.92 Å². The number of nitrogens with zero attached hydrogens (tertiary/aromatic N) is 4. The zero-order chi connectivity index (χ0) is 13.1. The van der Waals surface area contributed by atoms with Crippen LogP contribution in [0.15, 0.2) is 12.4 Å². The first kappa shape index (κ1) is 15.4. The molecule has 0 saturated carbocycles. The summed E-state index contributed by atoms with van der Waals surface area (Å²) in [5, 5.41) is 17.5. The lowest BCUT2D eigenvalue weighted by Gasteiger charge is -2.33. The largest absolute Gasteiger partial charge is 0.336 e. The predicted octanol–water partition coefficient (Wildman–Crippen LogP) is 0.0334. The molecule has 1 aliphatic rings. The van der Waals surface area contributed by atoms with Crippen molar-refractivity contribution in [3.05, 3.63) is 22.5 Å². The number of hydrogen-bond acceptors (Lipinski definition) is 5. The van der Waals surface area contributed by atoms with Crippen LogP contribution in [0.3, 0.4) is 0 Å². The van der Waals surface area contributed by atoms with Gasteiger partial charge in [-0.3, -0.25) is 19.6 Å². The molecule has 106 valence electrons. The first-order valence-corrected chi connectivity index (χ1v) is 5.75. The standard InChI is InChI=1S/C10H15N5O3.ClH/c1-8-4-11-2-3-14(8)10(16)7-13-6-9(5-12-13)15(17)18;/h5-6,8,11H,2-4,7H2,1H3;1H. The Kier molecular flexibility index (Phi) is 5.25. The summed E-state index contributed by atoms with van der Waals surface area (Å²) in [6.07, 6.45) is 2.42. The van der Waals surface area contributed by atoms with Crippen LogP contribution in [0.1, 0.15) is 6.92 Å². The highest BCUT2D eigenvalue weighted by Gasteiger charge is 2.23. The molecule has 1 saturated heterocycles. The van der Waals surface area contributed by atoms with E-state index in [-0.39, 0.29) is 36.6 Å². The Bertz CT molecular complexity index is 464. The Morgan fingerprint density at radius 3 is 3.00 bits per heavy atom. The summed E-state index contributed by atoms with van der Waals surface area (Å²) in [7, 11) is 0. The molecule has 1 amide bonds. The monoisotopic (exact) mass is 289 g/mol. The highest BCUT2D eigenvalue weighted by Crippen LogP contribution is 2.09. The van der Waals surface area contributed by atoms with Gasteiger partial charge in [0.15, 0.2) is 0 Å². The van der Waals surface area contributed by atoms with Gasteiger partial charge in [-0.25, -0.2) is 0 Å². The van der Waals surface area contributed by atoms with E-state index in [9.17, 15) is 14.9 Å². The van der Waals surface area contributed by atoms with Crippen LogP contribution in [0.2, 0.25) is 0 Å². The van der Waals surface area contributed by atoms with Crippen molar-refractivity contribution in [1.82, 2.24) is 20.0 Å². The van der Waals surface area contributed by atoms with Gasteiger partial charge < -0.3 is 10.2 Å². The molecular weight excluding hydrogens is 274 g/mol. The van der Waals surface area contributed by atoms with E-state index >= 15 is 0 Å². The smallest absolute Gasteiger partial charge is 0.307 e. The first-order chi connectivity index (χ1) is 8.58. The molecule has 8 nitrogen and oxygen atoms in total. The lowest BCUT2D eigenvalue weighted by Crippen LogP contribution is -2.53. The number of carbonyl (C=O) groups excluding carboxylic acids is 1. The second-order valence-electron chi connectivity index (χ2n) is 4.29. The van der Waals surface area contributed by atoms with Gasteiger partial charge in [-0.2, -0.15) is 5.10 Å². The van der Waals surface area contributed by atoms with Crippen LogP contribution in [0, 0.1) is 10.1 Å². The SMILES string of the molecule is CC1CNCCN1C(=O)Cn1cc([N+](=O)[O-])cn1.Cl. The molecule has 19 heavy (non-hydrogen) atoms. The van der Waals surface area contributed by atoms with E-state index in [4.69, 9.17) is 0 Å². The van der Waals surface area contributed by atoms with Crippen LogP contribution in [-0.2, 0) is 11.3 Å². The highest BCUT2D eigenvalue weighted by molar-refractivity contribution is 5.85. The number of halogens is 1. The number of hydrogen-bond donors (Lipinski definition) is 1. The van der Waals surface area contributed by atoms with Crippen molar-refractivity contribution < 1.29 is 9.72 Å². The van der Waals surface area contributed by atoms with E-state index < -0.39 is 4.92 Å². The van der Waals surface area contributed by atoms with Gasteiger partial charge in [0.05, 0.1) is 4.92 Å². The molecule has 1 N–H and O–H groups in total. The Balaban J connectivity index is 0.00000180. The third kappa shape index (κ3) is 3.65. The Morgan fingerprint density at radius 1 is 1.68 bits per heavy atom. The minimum atomic E-state index is -0.526. The number of aromatic nitrogens is 2. The molecule has 1 atom stereocenters. The van der Waals surface area contributed by atoms with E-state index in [1.54, 1.807) is 4.90 Å². The molecule has 9 heteroatoms. The molecule has 1 fully saturated rings. The van der Waals surface area contributed by atoms with Crippen molar-refractivity contribution in [3.63, 3.8) is 0 Å². The summed E-state index contributed by atoms with van der Waals surface area (Å²) in [4.78, 5) is 23.8. The van der Waals surface area contributed by atoms with Gasteiger partial charge in [0.25, 0.3) is 0 Å². The first-order valence-electron chi connectivity index (χ1n) is 5.75. The van der Waals surface area contributed by atoms with E-state index in [2.05, 4.69) is 10.4 Å². The second kappa shape index (κ2) is 6.48. The Hall–Kier alpha value is -1.67. The normalized spacial score (nSPS) is 18.8. The lowest BCUT2D eigenvalue weighted by molar-refractivity contribution is -0.385. The fraction of sp³-hybridized carbons (Fsp3) is 0.600. The molecule has 1 aromatic heterocycles.